The third-order valence-electron chi connectivity index (χ3n) is 2.62. The topological polar surface area (TPSA) is 3.24 Å². The monoisotopic (exact) mass is 161 g/mol. The van der Waals surface area contributed by atoms with Crippen molar-refractivity contribution in [1.82, 2.24) is 0 Å². The second-order valence-electron chi connectivity index (χ2n) is 3.76. The number of benzene rings is 1. The summed E-state index contributed by atoms with van der Waals surface area (Å²) in [5.74, 6) is 0. The first-order valence-corrected chi connectivity index (χ1v) is 4.50. The van der Waals surface area contributed by atoms with E-state index in [1.54, 1.807) is 0 Å². The standard InChI is InChI=1S/C11H15N/c1-8-6-9(2)11-10(7-8)4-5-12(11)3/h6-7H,4-5H2,1-3H3. The molecule has 64 valence electrons. The van der Waals surface area contributed by atoms with E-state index in [1.807, 2.05) is 0 Å². The maximum Gasteiger partial charge on any atom is 0.0426 e. The molecule has 0 N–H and O–H groups in total. The van der Waals surface area contributed by atoms with E-state index >= 15 is 0 Å². The molecule has 12 heavy (non-hydrogen) atoms. The van der Waals surface area contributed by atoms with Crippen molar-refractivity contribution < 1.29 is 0 Å². The van der Waals surface area contributed by atoms with Crippen LogP contribution in [0, 0.1) is 13.8 Å². The second-order valence-corrected chi connectivity index (χ2v) is 3.76. The first kappa shape index (κ1) is 7.66. The molecule has 0 saturated heterocycles. The molecule has 0 aliphatic carbocycles. The number of aryl methyl sites for hydroxylation is 2. The molecular formula is C11H15N. The highest BCUT2D eigenvalue weighted by atomic mass is 15.1. The van der Waals surface area contributed by atoms with Gasteiger partial charge in [-0.2, -0.15) is 0 Å². The number of fused-ring (bicyclic) bond motifs is 1. The minimum Gasteiger partial charge on any atom is -0.374 e. The van der Waals surface area contributed by atoms with Gasteiger partial charge in [0.2, 0.25) is 0 Å². The fraction of sp³-hybridized carbons (Fsp3) is 0.455. The average molecular weight is 161 g/mol. The van der Waals surface area contributed by atoms with Crippen molar-refractivity contribution in [3.05, 3.63) is 28.8 Å². The molecule has 1 heterocycles. The van der Waals surface area contributed by atoms with E-state index in [2.05, 4.69) is 37.9 Å². The van der Waals surface area contributed by atoms with E-state index in [1.165, 1.54) is 35.3 Å². The number of nitrogens with zero attached hydrogens (tertiary/aromatic N) is 1. The maximum absolute atomic E-state index is 2.35. The van der Waals surface area contributed by atoms with Crippen LogP contribution in [0.1, 0.15) is 16.7 Å². The van der Waals surface area contributed by atoms with Crippen LogP contribution in [0.2, 0.25) is 0 Å². The summed E-state index contributed by atoms with van der Waals surface area (Å²) >= 11 is 0. The molecule has 0 spiro atoms. The Morgan fingerprint density at radius 3 is 2.75 bits per heavy atom. The normalized spacial score (nSPS) is 15.1. The van der Waals surface area contributed by atoms with Crippen LogP contribution in [0.3, 0.4) is 0 Å². The molecule has 1 aromatic rings. The van der Waals surface area contributed by atoms with Crippen LogP contribution in [-0.4, -0.2) is 13.6 Å². The molecule has 0 aromatic heterocycles. The summed E-state index contributed by atoms with van der Waals surface area (Å²) in [4.78, 5) is 2.35. The van der Waals surface area contributed by atoms with Gasteiger partial charge in [0.25, 0.3) is 0 Å². The molecular weight excluding hydrogens is 146 g/mol. The highest BCUT2D eigenvalue weighted by Crippen LogP contribution is 2.30. The first-order valence-electron chi connectivity index (χ1n) is 4.50. The predicted molar refractivity (Wildman–Crippen MR) is 52.9 cm³/mol. The van der Waals surface area contributed by atoms with Crippen LogP contribution < -0.4 is 4.90 Å². The van der Waals surface area contributed by atoms with Gasteiger partial charge in [0.05, 0.1) is 0 Å². The van der Waals surface area contributed by atoms with Crippen molar-refractivity contribution >= 4 is 5.69 Å². The summed E-state index contributed by atoms with van der Waals surface area (Å²) in [6, 6.07) is 4.58. The summed E-state index contributed by atoms with van der Waals surface area (Å²) in [7, 11) is 2.17. The molecule has 1 nitrogen and oxygen atoms in total. The largest absolute Gasteiger partial charge is 0.374 e. The fourth-order valence-electron chi connectivity index (χ4n) is 2.18. The van der Waals surface area contributed by atoms with E-state index in [-0.39, 0.29) is 0 Å². The quantitative estimate of drug-likeness (QED) is 0.564. The number of rotatable bonds is 0. The maximum atomic E-state index is 2.35. The van der Waals surface area contributed by atoms with Crippen LogP contribution in [0.4, 0.5) is 5.69 Å². The molecule has 2 rings (SSSR count). The van der Waals surface area contributed by atoms with Gasteiger partial charge >= 0.3 is 0 Å². The summed E-state index contributed by atoms with van der Waals surface area (Å²) in [6.07, 6.45) is 1.22. The minimum absolute atomic E-state index is 1.18. The number of likely N-dealkylation sites (N-methyl/N-ethyl adjacent to an activating group) is 1. The van der Waals surface area contributed by atoms with E-state index in [0.717, 1.165) is 0 Å². The van der Waals surface area contributed by atoms with Crippen molar-refractivity contribution in [3.63, 3.8) is 0 Å². The van der Waals surface area contributed by atoms with Crippen molar-refractivity contribution in [2.75, 3.05) is 18.5 Å². The third kappa shape index (κ3) is 1.01. The first-order chi connectivity index (χ1) is 5.68. The minimum atomic E-state index is 1.18. The fourth-order valence-corrected chi connectivity index (χ4v) is 2.18. The van der Waals surface area contributed by atoms with Crippen molar-refractivity contribution in [1.29, 1.82) is 0 Å². The van der Waals surface area contributed by atoms with Gasteiger partial charge in [-0.1, -0.05) is 17.7 Å². The Hall–Kier alpha value is -0.980. The second kappa shape index (κ2) is 2.51. The van der Waals surface area contributed by atoms with Gasteiger partial charge < -0.3 is 4.90 Å². The molecule has 1 aromatic carbocycles. The summed E-state index contributed by atoms with van der Waals surface area (Å²) in [6.45, 7) is 5.55. The molecule has 0 amide bonds. The summed E-state index contributed by atoms with van der Waals surface area (Å²) in [5.41, 5.74) is 5.79. The molecule has 0 radical (unpaired) electrons. The Labute approximate surface area is 74.0 Å². The van der Waals surface area contributed by atoms with Crippen LogP contribution in [-0.2, 0) is 6.42 Å². The van der Waals surface area contributed by atoms with Gasteiger partial charge in [0.15, 0.2) is 0 Å². The zero-order chi connectivity index (χ0) is 8.72. The SMILES string of the molecule is Cc1cc(C)c2c(c1)CCN2C. The highest BCUT2D eigenvalue weighted by molar-refractivity contribution is 5.63. The van der Waals surface area contributed by atoms with Crippen molar-refractivity contribution in [2.24, 2.45) is 0 Å². The van der Waals surface area contributed by atoms with Crippen molar-refractivity contribution in [3.8, 4) is 0 Å². The average Bonchev–Trinajstić information content (AvgIpc) is 2.31. The summed E-state index contributed by atoms with van der Waals surface area (Å²) in [5, 5.41) is 0. The molecule has 0 bridgehead atoms. The molecule has 0 fully saturated rings. The Morgan fingerprint density at radius 2 is 2.00 bits per heavy atom. The lowest BCUT2D eigenvalue weighted by atomic mass is 10.0. The molecule has 0 saturated carbocycles. The van der Waals surface area contributed by atoms with E-state index < -0.39 is 0 Å². The lowest BCUT2D eigenvalue weighted by Gasteiger charge is -2.15. The number of hydrogen-bond donors (Lipinski definition) is 0. The van der Waals surface area contributed by atoms with Gasteiger partial charge in [-0.15, -0.1) is 0 Å². The molecule has 0 unspecified atom stereocenters. The summed E-state index contributed by atoms with van der Waals surface area (Å²) < 4.78 is 0. The predicted octanol–water partition coefficient (Wildman–Crippen LogP) is 2.30. The Morgan fingerprint density at radius 1 is 1.25 bits per heavy atom. The zero-order valence-electron chi connectivity index (χ0n) is 8.02. The van der Waals surface area contributed by atoms with Gasteiger partial charge in [0, 0.05) is 19.3 Å². The number of hydrogen-bond acceptors (Lipinski definition) is 1. The Balaban J connectivity index is 2.60. The molecule has 1 heteroatoms. The van der Waals surface area contributed by atoms with E-state index in [4.69, 9.17) is 0 Å². The van der Waals surface area contributed by atoms with Crippen LogP contribution in [0.5, 0.6) is 0 Å². The number of anilines is 1. The van der Waals surface area contributed by atoms with E-state index in [0.29, 0.717) is 0 Å². The molecule has 1 aliphatic heterocycles. The van der Waals surface area contributed by atoms with Gasteiger partial charge in [-0.05, 0) is 31.4 Å². The van der Waals surface area contributed by atoms with Crippen LogP contribution in [0.25, 0.3) is 0 Å². The van der Waals surface area contributed by atoms with Crippen LogP contribution in [0.15, 0.2) is 12.1 Å². The van der Waals surface area contributed by atoms with Gasteiger partial charge in [-0.3, -0.25) is 0 Å². The van der Waals surface area contributed by atoms with Crippen LogP contribution >= 0.6 is 0 Å². The third-order valence-corrected chi connectivity index (χ3v) is 2.62. The molecule has 0 atom stereocenters. The van der Waals surface area contributed by atoms with Gasteiger partial charge in [0.1, 0.15) is 0 Å². The zero-order valence-corrected chi connectivity index (χ0v) is 8.02. The lowest BCUT2D eigenvalue weighted by Crippen LogP contribution is -2.13. The smallest absolute Gasteiger partial charge is 0.0426 e. The Kier molecular flexibility index (Phi) is 1.60. The Bertz CT molecular complexity index is 315. The van der Waals surface area contributed by atoms with Crippen molar-refractivity contribution in [2.45, 2.75) is 20.3 Å². The molecule has 1 aliphatic rings. The lowest BCUT2D eigenvalue weighted by molar-refractivity contribution is 0.954. The van der Waals surface area contributed by atoms with E-state index in [9.17, 15) is 0 Å². The highest BCUT2D eigenvalue weighted by Gasteiger charge is 2.17. The van der Waals surface area contributed by atoms with Gasteiger partial charge in [-0.25, -0.2) is 0 Å².